The summed E-state index contributed by atoms with van der Waals surface area (Å²) < 4.78 is 1.80. The Labute approximate surface area is 133 Å². The Morgan fingerprint density at radius 3 is 2.55 bits per heavy atom. The summed E-state index contributed by atoms with van der Waals surface area (Å²) in [7, 11) is 0. The highest BCUT2D eigenvalue weighted by atomic mass is 32.1. The van der Waals surface area contributed by atoms with Gasteiger partial charge in [0.05, 0.1) is 22.6 Å². The summed E-state index contributed by atoms with van der Waals surface area (Å²) in [6.07, 6.45) is 6.94. The fourth-order valence-corrected chi connectivity index (χ4v) is 2.96. The van der Waals surface area contributed by atoms with Crippen LogP contribution >= 0.6 is 12.6 Å². The molecular weight excluding hydrogens is 296 g/mol. The third kappa shape index (κ3) is 2.47. The normalized spacial score (nSPS) is 21.2. The predicted molar refractivity (Wildman–Crippen MR) is 82.4 cm³/mol. The van der Waals surface area contributed by atoms with Gasteiger partial charge in [-0.2, -0.15) is 9.83 Å². The molecule has 0 bridgehead atoms. The maximum absolute atomic E-state index is 12.5. The van der Waals surface area contributed by atoms with Crippen LogP contribution < -0.4 is 9.88 Å². The van der Waals surface area contributed by atoms with Gasteiger partial charge in [0.25, 0.3) is 5.91 Å². The second kappa shape index (κ2) is 6.00. The number of allylic oxidation sites excluding steroid dienone is 1. The zero-order valence-corrected chi connectivity index (χ0v) is 12.4. The van der Waals surface area contributed by atoms with Gasteiger partial charge in [0, 0.05) is 24.5 Å². The van der Waals surface area contributed by atoms with Crippen LogP contribution in [0, 0.1) is 11.3 Å². The standard InChI is InChI=1S/C16H12N4OS/c17-10-12-13(11-4-6-18-7-5-11)14(15(21)19-16(12)22)20-8-2-1-3-9-20/h1-9,13-14H,(H-,19,21,22)/p+1/t13-,14+/m1/s1. The molecule has 0 unspecified atom stereocenters. The number of nitrogens with one attached hydrogen (secondary N) is 1. The van der Waals surface area contributed by atoms with Crippen LogP contribution in [0.5, 0.6) is 0 Å². The monoisotopic (exact) mass is 309 g/mol. The van der Waals surface area contributed by atoms with Crippen molar-refractivity contribution in [2.24, 2.45) is 0 Å². The van der Waals surface area contributed by atoms with Gasteiger partial charge >= 0.3 is 0 Å². The SMILES string of the molecule is N#CC1=C(S)NC(=O)[C@@H]([n+]2ccccc2)[C@@H]1c1ccncc1. The van der Waals surface area contributed by atoms with Crippen molar-refractivity contribution in [2.75, 3.05) is 0 Å². The third-order valence-corrected chi connectivity index (χ3v) is 3.99. The Morgan fingerprint density at radius 2 is 1.91 bits per heavy atom. The van der Waals surface area contributed by atoms with Crippen LogP contribution in [0.15, 0.2) is 65.7 Å². The van der Waals surface area contributed by atoms with Gasteiger partial charge in [-0.1, -0.05) is 6.07 Å². The number of rotatable bonds is 2. The van der Waals surface area contributed by atoms with Gasteiger partial charge in [-0.25, -0.2) is 0 Å². The number of nitrogens with zero attached hydrogens (tertiary/aromatic N) is 3. The maximum atomic E-state index is 12.5. The number of amides is 1. The minimum atomic E-state index is -0.547. The van der Waals surface area contributed by atoms with Crippen molar-refractivity contribution in [2.45, 2.75) is 12.0 Å². The molecule has 1 aliphatic heterocycles. The highest BCUT2D eigenvalue weighted by molar-refractivity contribution is 7.84. The first kappa shape index (κ1) is 14.3. The number of hydrogen-bond acceptors (Lipinski definition) is 4. The molecule has 0 saturated carbocycles. The van der Waals surface area contributed by atoms with Gasteiger partial charge in [0.1, 0.15) is 0 Å². The second-order valence-electron chi connectivity index (χ2n) is 4.89. The van der Waals surface area contributed by atoms with Crippen LogP contribution in [0.1, 0.15) is 17.5 Å². The lowest BCUT2D eigenvalue weighted by atomic mass is 9.83. The molecule has 1 aliphatic rings. The summed E-state index contributed by atoms with van der Waals surface area (Å²) in [6.45, 7) is 0. The van der Waals surface area contributed by atoms with Crippen molar-refractivity contribution in [1.29, 1.82) is 5.26 Å². The molecule has 2 atom stereocenters. The van der Waals surface area contributed by atoms with Gasteiger partial charge in [-0.15, -0.1) is 12.6 Å². The highest BCUT2D eigenvalue weighted by Gasteiger charge is 2.44. The van der Waals surface area contributed by atoms with Crippen LogP contribution in [-0.2, 0) is 4.79 Å². The van der Waals surface area contributed by atoms with Gasteiger partial charge in [0.2, 0.25) is 6.04 Å². The molecule has 0 fully saturated rings. The Bertz CT molecular complexity index is 768. The van der Waals surface area contributed by atoms with Gasteiger partial charge in [0.15, 0.2) is 12.4 Å². The van der Waals surface area contributed by atoms with E-state index < -0.39 is 12.0 Å². The average molecular weight is 309 g/mol. The molecule has 2 aromatic heterocycles. The fraction of sp³-hybridized carbons (Fsp3) is 0.125. The van der Waals surface area contributed by atoms with Crippen molar-refractivity contribution < 1.29 is 9.36 Å². The molecule has 0 spiro atoms. The topological polar surface area (TPSA) is 69.7 Å². The molecule has 108 valence electrons. The summed E-state index contributed by atoms with van der Waals surface area (Å²) in [4.78, 5) is 16.5. The summed E-state index contributed by atoms with van der Waals surface area (Å²) >= 11 is 4.26. The molecule has 0 radical (unpaired) electrons. The highest BCUT2D eigenvalue weighted by Crippen LogP contribution is 2.37. The van der Waals surface area contributed by atoms with Crippen LogP contribution in [-0.4, -0.2) is 10.9 Å². The van der Waals surface area contributed by atoms with Crippen molar-refractivity contribution in [3.8, 4) is 6.07 Å². The zero-order valence-electron chi connectivity index (χ0n) is 11.5. The maximum Gasteiger partial charge on any atom is 0.294 e. The predicted octanol–water partition coefficient (Wildman–Crippen LogP) is 1.49. The number of hydrogen-bond donors (Lipinski definition) is 2. The number of aromatic nitrogens is 2. The zero-order chi connectivity index (χ0) is 15.5. The number of carbonyl (C=O) groups is 1. The molecule has 1 N–H and O–H groups in total. The summed E-state index contributed by atoms with van der Waals surface area (Å²) in [5, 5.41) is 12.5. The average Bonchev–Trinajstić information content (AvgIpc) is 2.56. The lowest BCUT2D eigenvalue weighted by Gasteiger charge is -2.27. The quantitative estimate of drug-likeness (QED) is 0.652. The molecule has 3 rings (SSSR count). The molecule has 2 aromatic rings. The minimum absolute atomic E-state index is 0.193. The van der Waals surface area contributed by atoms with Crippen molar-refractivity contribution in [3.05, 3.63) is 71.3 Å². The van der Waals surface area contributed by atoms with Crippen molar-refractivity contribution in [1.82, 2.24) is 10.3 Å². The van der Waals surface area contributed by atoms with Crippen LogP contribution in [0.25, 0.3) is 0 Å². The molecule has 5 nitrogen and oxygen atoms in total. The van der Waals surface area contributed by atoms with Crippen LogP contribution in [0.4, 0.5) is 0 Å². The molecule has 3 heterocycles. The van der Waals surface area contributed by atoms with E-state index in [0.717, 1.165) is 5.56 Å². The molecule has 1 amide bonds. The van der Waals surface area contributed by atoms with E-state index in [1.54, 1.807) is 17.0 Å². The number of carbonyl (C=O) groups excluding carboxylic acids is 1. The lowest BCUT2D eigenvalue weighted by Crippen LogP contribution is -2.53. The van der Waals surface area contributed by atoms with E-state index in [9.17, 15) is 10.1 Å². The molecule has 6 heteroatoms. The molecule has 0 saturated heterocycles. The van der Waals surface area contributed by atoms with Crippen LogP contribution in [0.3, 0.4) is 0 Å². The molecule has 0 aliphatic carbocycles. The third-order valence-electron chi connectivity index (χ3n) is 3.64. The number of nitriles is 1. The smallest absolute Gasteiger partial charge is 0.294 e. The van der Waals surface area contributed by atoms with E-state index in [0.29, 0.717) is 10.6 Å². The van der Waals surface area contributed by atoms with E-state index in [-0.39, 0.29) is 5.91 Å². The van der Waals surface area contributed by atoms with Gasteiger partial charge in [-0.05, 0) is 17.7 Å². The van der Waals surface area contributed by atoms with Crippen molar-refractivity contribution in [3.63, 3.8) is 0 Å². The molecular formula is C16H13N4OS+. The summed E-state index contributed by atoms with van der Waals surface area (Å²) in [6, 6.07) is 10.8. The first-order chi connectivity index (χ1) is 10.7. The van der Waals surface area contributed by atoms with Gasteiger partial charge in [-0.3, -0.25) is 9.78 Å². The van der Waals surface area contributed by atoms with E-state index in [1.807, 2.05) is 42.7 Å². The number of thiol groups is 1. The lowest BCUT2D eigenvalue weighted by molar-refractivity contribution is -0.711. The van der Waals surface area contributed by atoms with Crippen LogP contribution in [0.2, 0.25) is 0 Å². The van der Waals surface area contributed by atoms with E-state index in [2.05, 4.69) is 29.0 Å². The first-order valence-corrected chi connectivity index (χ1v) is 7.17. The Hall–Kier alpha value is -2.65. The first-order valence-electron chi connectivity index (χ1n) is 6.72. The van der Waals surface area contributed by atoms with E-state index in [4.69, 9.17) is 0 Å². The van der Waals surface area contributed by atoms with Crippen molar-refractivity contribution >= 4 is 18.5 Å². The second-order valence-corrected chi connectivity index (χ2v) is 5.34. The summed E-state index contributed by atoms with van der Waals surface area (Å²) in [5.74, 6) is -0.594. The molecule has 22 heavy (non-hydrogen) atoms. The summed E-state index contributed by atoms with van der Waals surface area (Å²) in [5.41, 5.74) is 1.30. The largest absolute Gasteiger partial charge is 0.314 e. The van der Waals surface area contributed by atoms with E-state index in [1.165, 1.54) is 0 Å². The molecule has 0 aromatic carbocycles. The van der Waals surface area contributed by atoms with E-state index >= 15 is 0 Å². The Morgan fingerprint density at radius 1 is 1.23 bits per heavy atom. The minimum Gasteiger partial charge on any atom is -0.314 e. The Kier molecular flexibility index (Phi) is 3.90. The van der Waals surface area contributed by atoms with Gasteiger partial charge < -0.3 is 5.32 Å². The number of pyridine rings is 2. The fourth-order valence-electron chi connectivity index (χ4n) is 2.66. The Balaban J connectivity index is 2.19.